The van der Waals surface area contributed by atoms with E-state index >= 15 is 0 Å². The van der Waals surface area contributed by atoms with Gasteiger partial charge < -0.3 is 9.30 Å². The molecule has 38 heavy (non-hydrogen) atoms. The predicted octanol–water partition coefficient (Wildman–Crippen LogP) is 8.70. The van der Waals surface area contributed by atoms with Gasteiger partial charge in [0.05, 0.1) is 30.0 Å². The van der Waals surface area contributed by atoms with E-state index < -0.39 is 0 Å². The summed E-state index contributed by atoms with van der Waals surface area (Å²) >= 11 is 0. The molecule has 4 nitrogen and oxygen atoms in total. The van der Waals surface area contributed by atoms with Crippen molar-refractivity contribution in [3.8, 4) is 0 Å². The van der Waals surface area contributed by atoms with Crippen LogP contribution in [0.3, 0.4) is 0 Å². The number of benzene rings is 3. The third kappa shape index (κ3) is 6.57. The number of unbranched alkanes of at least 4 members (excludes halogenated alkanes) is 1. The van der Waals surface area contributed by atoms with E-state index in [1.165, 1.54) is 11.1 Å². The molecule has 4 aromatic rings. The zero-order valence-electron chi connectivity index (χ0n) is 23.1. The molecule has 1 heterocycles. The first kappa shape index (κ1) is 26.9. The van der Waals surface area contributed by atoms with Crippen LogP contribution >= 0.6 is 0 Å². The molecule has 0 aliphatic rings. The van der Waals surface area contributed by atoms with Crippen LogP contribution in [0.1, 0.15) is 60.2 Å². The average Bonchev–Trinajstić information content (AvgIpc) is 3.38. The van der Waals surface area contributed by atoms with Gasteiger partial charge >= 0.3 is 0 Å². The summed E-state index contributed by atoms with van der Waals surface area (Å²) in [6, 6.07) is 25.0. The largest absolute Gasteiger partial charge is 0.493 e. The van der Waals surface area contributed by atoms with Crippen molar-refractivity contribution >= 4 is 22.9 Å². The second kappa shape index (κ2) is 12.9. The highest BCUT2D eigenvalue weighted by Crippen LogP contribution is 2.31. The molecule has 0 spiro atoms. The Hall–Kier alpha value is -4.18. The van der Waals surface area contributed by atoms with Crippen LogP contribution in [-0.4, -0.2) is 21.9 Å². The highest BCUT2D eigenvalue weighted by molar-refractivity contribution is 6.14. The quantitative estimate of drug-likeness (QED) is 0.123. The summed E-state index contributed by atoms with van der Waals surface area (Å²) in [5.74, 6) is 0.833. The summed E-state index contributed by atoms with van der Waals surface area (Å²) < 4.78 is 8.34. The zero-order chi connectivity index (χ0) is 26.9. The Morgan fingerprint density at radius 2 is 1.58 bits per heavy atom. The van der Waals surface area contributed by atoms with Crippen LogP contribution in [0.2, 0.25) is 0 Å². The molecule has 0 saturated heterocycles. The van der Waals surface area contributed by atoms with Gasteiger partial charge in [-0.2, -0.15) is 0 Å². The number of ether oxygens (including phenoxy) is 1. The van der Waals surface area contributed by atoms with E-state index in [0.717, 1.165) is 58.1 Å². The Bertz CT molecular complexity index is 1400. The van der Waals surface area contributed by atoms with Crippen LogP contribution in [0.5, 0.6) is 0 Å². The number of hydrogen-bond donors (Lipinski definition) is 0. The molecule has 0 radical (unpaired) electrons. The van der Waals surface area contributed by atoms with Gasteiger partial charge in [0, 0.05) is 34.7 Å². The Morgan fingerprint density at radius 1 is 0.921 bits per heavy atom. The van der Waals surface area contributed by atoms with Gasteiger partial charge in [-0.1, -0.05) is 80.1 Å². The molecular formula is C34H37N3O. The molecule has 0 amide bonds. The lowest BCUT2D eigenvalue weighted by atomic mass is 9.99. The standard InChI is InChI=1S/C34H37N3O/c1-6-8-19-31(37-23-26(4)35-24-37)22-33(38-7-2)32-21-30(20-25(3)27(32)5)36-34(28-15-11-9-12-16-28)29-17-13-10-14-18-29/h9-24H,6-8H2,1-5H3/b31-19-,33-22+. The van der Waals surface area contributed by atoms with Crippen molar-refractivity contribution in [1.29, 1.82) is 0 Å². The van der Waals surface area contributed by atoms with E-state index in [2.05, 4.69) is 103 Å². The maximum absolute atomic E-state index is 6.27. The second-order valence-corrected chi connectivity index (χ2v) is 9.41. The molecule has 194 valence electrons. The summed E-state index contributed by atoms with van der Waals surface area (Å²) in [5, 5.41) is 0. The highest BCUT2D eigenvalue weighted by Gasteiger charge is 2.14. The van der Waals surface area contributed by atoms with Gasteiger partial charge in [-0.3, -0.25) is 0 Å². The van der Waals surface area contributed by atoms with E-state index in [0.29, 0.717) is 6.61 Å². The fourth-order valence-electron chi connectivity index (χ4n) is 4.36. The lowest BCUT2D eigenvalue weighted by Crippen LogP contribution is -2.03. The van der Waals surface area contributed by atoms with Gasteiger partial charge in [-0.15, -0.1) is 0 Å². The molecule has 0 atom stereocenters. The van der Waals surface area contributed by atoms with Crippen LogP contribution in [0, 0.1) is 20.8 Å². The smallest absolute Gasteiger partial charge is 0.128 e. The molecule has 4 heteroatoms. The van der Waals surface area contributed by atoms with Crippen molar-refractivity contribution in [1.82, 2.24) is 9.55 Å². The van der Waals surface area contributed by atoms with E-state index in [1.54, 1.807) is 0 Å². The number of aromatic nitrogens is 2. The molecule has 0 saturated carbocycles. The van der Waals surface area contributed by atoms with Gasteiger partial charge in [0.25, 0.3) is 0 Å². The van der Waals surface area contributed by atoms with Crippen LogP contribution in [-0.2, 0) is 4.74 Å². The number of hydrogen-bond acceptors (Lipinski definition) is 3. The average molecular weight is 504 g/mol. The van der Waals surface area contributed by atoms with Crippen molar-refractivity contribution in [2.75, 3.05) is 6.61 Å². The molecule has 0 aliphatic carbocycles. The van der Waals surface area contributed by atoms with Crippen molar-refractivity contribution in [2.24, 2.45) is 4.99 Å². The fourth-order valence-corrected chi connectivity index (χ4v) is 4.36. The lowest BCUT2D eigenvalue weighted by molar-refractivity contribution is 0.298. The number of aliphatic imine (C=N–C) groups is 1. The number of allylic oxidation sites excluding steroid dienone is 3. The molecule has 0 aliphatic heterocycles. The minimum absolute atomic E-state index is 0.571. The Labute approximate surface area is 227 Å². The predicted molar refractivity (Wildman–Crippen MR) is 160 cm³/mol. The molecule has 1 aromatic heterocycles. The van der Waals surface area contributed by atoms with Gasteiger partial charge in [0.1, 0.15) is 5.76 Å². The molecule has 0 unspecified atom stereocenters. The molecule has 0 bridgehead atoms. The van der Waals surface area contributed by atoms with Crippen molar-refractivity contribution in [3.63, 3.8) is 0 Å². The first-order chi connectivity index (χ1) is 18.5. The van der Waals surface area contributed by atoms with Gasteiger partial charge in [-0.05, 0) is 57.4 Å². The lowest BCUT2D eigenvalue weighted by Gasteiger charge is -2.16. The van der Waals surface area contributed by atoms with Crippen LogP contribution in [0.4, 0.5) is 5.69 Å². The number of rotatable bonds is 10. The van der Waals surface area contributed by atoms with Gasteiger partial charge in [0.2, 0.25) is 0 Å². The van der Waals surface area contributed by atoms with Crippen molar-refractivity contribution in [3.05, 3.63) is 131 Å². The van der Waals surface area contributed by atoms with Gasteiger partial charge in [-0.25, -0.2) is 9.98 Å². The summed E-state index contributed by atoms with van der Waals surface area (Å²) in [6.45, 7) is 11.1. The Balaban J connectivity index is 1.86. The second-order valence-electron chi connectivity index (χ2n) is 9.41. The minimum Gasteiger partial charge on any atom is -0.493 e. The fraction of sp³-hybridized carbons (Fsp3) is 0.235. The summed E-state index contributed by atoms with van der Waals surface area (Å²) in [4.78, 5) is 9.64. The zero-order valence-corrected chi connectivity index (χ0v) is 23.1. The topological polar surface area (TPSA) is 39.4 Å². The van der Waals surface area contributed by atoms with Crippen LogP contribution in [0.15, 0.2) is 102 Å². The summed E-state index contributed by atoms with van der Waals surface area (Å²) in [5.41, 5.74) is 9.44. The summed E-state index contributed by atoms with van der Waals surface area (Å²) in [6.07, 6.45) is 10.3. The van der Waals surface area contributed by atoms with Crippen LogP contribution < -0.4 is 0 Å². The third-order valence-electron chi connectivity index (χ3n) is 6.48. The first-order valence-corrected chi connectivity index (χ1v) is 13.4. The van der Waals surface area contributed by atoms with Crippen LogP contribution in [0.25, 0.3) is 11.5 Å². The number of aryl methyl sites for hydroxylation is 2. The Morgan fingerprint density at radius 3 is 2.13 bits per heavy atom. The number of imidazole rings is 1. The maximum atomic E-state index is 6.27. The monoisotopic (exact) mass is 503 g/mol. The van der Waals surface area contributed by atoms with E-state index in [1.807, 2.05) is 38.5 Å². The number of nitrogens with zero attached hydrogens (tertiary/aromatic N) is 3. The van der Waals surface area contributed by atoms with E-state index in [-0.39, 0.29) is 0 Å². The van der Waals surface area contributed by atoms with Crippen molar-refractivity contribution in [2.45, 2.75) is 47.5 Å². The summed E-state index contributed by atoms with van der Waals surface area (Å²) in [7, 11) is 0. The SMILES string of the molecule is CCC/C=C(/C=C(/OCC)c1cc(N=C(c2ccccc2)c2ccccc2)cc(C)c1C)n1cnc(C)c1. The maximum Gasteiger partial charge on any atom is 0.128 e. The van der Waals surface area contributed by atoms with Crippen molar-refractivity contribution < 1.29 is 4.74 Å². The molecule has 4 rings (SSSR count). The Kier molecular flexibility index (Phi) is 9.10. The first-order valence-electron chi connectivity index (χ1n) is 13.4. The molecular weight excluding hydrogens is 466 g/mol. The minimum atomic E-state index is 0.571. The van der Waals surface area contributed by atoms with E-state index in [9.17, 15) is 0 Å². The highest BCUT2D eigenvalue weighted by atomic mass is 16.5. The molecule has 0 N–H and O–H groups in total. The molecule has 3 aromatic carbocycles. The normalized spacial score (nSPS) is 11.9. The molecule has 0 fully saturated rings. The third-order valence-corrected chi connectivity index (χ3v) is 6.48. The van der Waals surface area contributed by atoms with Gasteiger partial charge in [0.15, 0.2) is 0 Å². The van der Waals surface area contributed by atoms with E-state index in [4.69, 9.17) is 9.73 Å².